The van der Waals surface area contributed by atoms with Gasteiger partial charge >= 0.3 is 0 Å². The lowest BCUT2D eigenvalue weighted by Crippen LogP contribution is -2.54. The number of carbonyl (C=O) groups excluding carboxylic acids is 2. The number of benzene rings is 3. The summed E-state index contributed by atoms with van der Waals surface area (Å²) in [7, 11) is 1.83. The van der Waals surface area contributed by atoms with Crippen molar-refractivity contribution in [3.05, 3.63) is 95.6 Å². The molecule has 3 aromatic carbocycles. The summed E-state index contributed by atoms with van der Waals surface area (Å²) in [5.74, 6) is -0.297. The number of aryl methyl sites for hydroxylation is 3. The molecule has 10 nitrogen and oxygen atoms in total. The highest BCUT2D eigenvalue weighted by molar-refractivity contribution is 5.83. The molecule has 2 amide bonds. The number of nitrogens with two attached hydrogens (primary N) is 1. The van der Waals surface area contributed by atoms with Crippen LogP contribution in [0, 0.1) is 0 Å². The van der Waals surface area contributed by atoms with E-state index in [9.17, 15) is 14.7 Å². The Bertz CT molecular complexity index is 1480. The highest BCUT2D eigenvalue weighted by atomic mass is 16.3. The van der Waals surface area contributed by atoms with E-state index in [4.69, 9.17) is 5.73 Å². The third-order valence-electron chi connectivity index (χ3n) is 7.96. The van der Waals surface area contributed by atoms with Gasteiger partial charge in [0.05, 0.1) is 11.6 Å². The van der Waals surface area contributed by atoms with Crippen LogP contribution in [-0.4, -0.2) is 67.7 Å². The number of likely N-dealkylation sites (tertiary alicyclic amines) is 1. The van der Waals surface area contributed by atoms with Crippen molar-refractivity contribution in [2.24, 2.45) is 12.8 Å². The van der Waals surface area contributed by atoms with Crippen molar-refractivity contribution < 1.29 is 14.7 Å². The van der Waals surface area contributed by atoms with Gasteiger partial charge < -0.3 is 21.5 Å². The number of nitrogens with zero attached hydrogens (tertiary/aromatic N) is 4. The zero-order chi connectivity index (χ0) is 29.5. The van der Waals surface area contributed by atoms with E-state index >= 15 is 0 Å². The number of rotatable bonds is 12. The lowest BCUT2D eigenvalue weighted by atomic mass is 10.0. The standard InChI is InChI=1S/C32H39N7O3/c1-38-28-16-13-24(18-27(28)36-37-38)20-34-31(41)29-19-25(35-30(40)17-14-23-10-6-3-7-11-23)21-39(29)32(42)26(33)15-12-22-8-4-2-5-9-22/h2-11,13,16,18,25-26,29,32,42H,12,14-15,17,19-21,33H2,1H3,(H,34,41)(H,35,40). The Morgan fingerprint density at radius 2 is 1.69 bits per heavy atom. The molecular formula is C32H39N7O3. The molecule has 4 aromatic rings. The molecule has 0 saturated carbocycles. The van der Waals surface area contributed by atoms with E-state index in [1.54, 1.807) is 9.58 Å². The summed E-state index contributed by atoms with van der Waals surface area (Å²) in [5.41, 5.74) is 11.3. The molecule has 5 N–H and O–H groups in total. The Hall–Kier alpha value is -4.12. The van der Waals surface area contributed by atoms with Gasteiger partial charge in [0.15, 0.2) is 0 Å². The summed E-state index contributed by atoms with van der Waals surface area (Å²) in [6, 6.07) is 24.1. The average molecular weight is 570 g/mol. The average Bonchev–Trinajstić information content (AvgIpc) is 3.61. The largest absolute Gasteiger partial charge is 0.377 e. The Morgan fingerprint density at radius 1 is 1.00 bits per heavy atom. The van der Waals surface area contributed by atoms with Gasteiger partial charge in [-0.05, 0) is 54.5 Å². The van der Waals surface area contributed by atoms with Gasteiger partial charge in [0, 0.05) is 38.6 Å². The minimum absolute atomic E-state index is 0.0787. The lowest BCUT2D eigenvalue weighted by molar-refractivity contribution is -0.130. The molecular weight excluding hydrogens is 530 g/mol. The fraction of sp³-hybridized carbons (Fsp3) is 0.375. The fourth-order valence-corrected chi connectivity index (χ4v) is 5.59. The molecule has 1 aromatic heterocycles. The van der Waals surface area contributed by atoms with Gasteiger partial charge in [0.2, 0.25) is 11.8 Å². The number of amides is 2. The topological polar surface area (TPSA) is 138 Å². The first-order valence-corrected chi connectivity index (χ1v) is 14.5. The quantitative estimate of drug-likeness (QED) is 0.205. The van der Waals surface area contributed by atoms with Gasteiger partial charge in [-0.25, -0.2) is 4.68 Å². The van der Waals surface area contributed by atoms with Gasteiger partial charge in [-0.1, -0.05) is 71.9 Å². The van der Waals surface area contributed by atoms with Gasteiger partial charge in [-0.15, -0.1) is 5.10 Å². The van der Waals surface area contributed by atoms with Crippen LogP contribution in [0.3, 0.4) is 0 Å². The SMILES string of the molecule is Cn1nnc2cc(CNC(=O)C3CC(NC(=O)CCc4ccccc4)CN3C(O)C(N)CCc3ccccc3)ccc21. The van der Waals surface area contributed by atoms with Crippen molar-refractivity contribution in [1.82, 2.24) is 30.5 Å². The van der Waals surface area contributed by atoms with Crippen molar-refractivity contribution in [2.75, 3.05) is 6.54 Å². The molecule has 0 bridgehead atoms. The molecule has 4 atom stereocenters. The molecule has 1 saturated heterocycles. The van der Waals surface area contributed by atoms with Gasteiger partial charge in [0.25, 0.3) is 0 Å². The molecule has 1 aliphatic heterocycles. The number of carbonyl (C=O) groups is 2. The number of aromatic nitrogens is 3. The normalized spacial score (nSPS) is 18.5. The zero-order valence-corrected chi connectivity index (χ0v) is 23.9. The monoisotopic (exact) mass is 569 g/mol. The number of hydrogen-bond acceptors (Lipinski definition) is 7. The van der Waals surface area contributed by atoms with Crippen molar-refractivity contribution in [1.29, 1.82) is 0 Å². The van der Waals surface area contributed by atoms with Crippen molar-refractivity contribution in [3.8, 4) is 0 Å². The van der Waals surface area contributed by atoms with E-state index in [1.165, 1.54) is 0 Å². The molecule has 1 fully saturated rings. The molecule has 0 radical (unpaired) electrons. The van der Waals surface area contributed by atoms with Crippen LogP contribution in [-0.2, 0) is 36.0 Å². The smallest absolute Gasteiger partial charge is 0.237 e. The molecule has 1 aliphatic rings. The minimum Gasteiger partial charge on any atom is -0.377 e. The van der Waals surface area contributed by atoms with Crippen LogP contribution in [0.1, 0.15) is 36.0 Å². The van der Waals surface area contributed by atoms with E-state index < -0.39 is 18.3 Å². The lowest BCUT2D eigenvalue weighted by Gasteiger charge is -2.32. The summed E-state index contributed by atoms with van der Waals surface area (Å²) in [5, 5.41) is 25.6. The van der Waals surface area contributed by atoms with E-state index in [-0.39, 0.29) is 17.9 Å². The molecule has 220 valence electrons. The second-order valence-electron chi connectivity index (χ2n) is 11.1. The first-order chi connectivity index (χ1) is 20.4. The predicted molar refractivity (Wildman–Crippen MR) is 161 cm³/mol. The van der Waals surface area contributed by atoms with Crippen LogP contribution in [0.4, 0.5) is 0 Å². The molecule has 42 heavy (non-hydrogen) atoms. The second-order valence-corrected chi connectivity index (χ2v) is 11.1. The van der Waals surface area contributed by atoms with E-state index in [2.05, 4.69) is 20.9 Å². The van der Waals surface area contributed by atoms with E-state index in [1.807, 2.05) is 85.9 Å². The Morgan fingerprint density at radius 3 is 2.40 bits per heavy atom. The summed E-state index contributed by atoms with van der Waals surface area (Å²) in [4.78, 5) is 28.0. The summed E-state index contributed by atoms with van der Waals surface area (Å²) >= 11 is 0. The molecule has 2 heterocycles. The van der Waals surface area contributed by atoms with Crippen LogP contribution in [0.5, 0.6) is 0 Å². The Kier molecular flexibility index (Phi) is 9.58. The van der Waals surface area contributed by atoms with Crippen LogP contribution >= 0.6 is 0 Å². The third kappa shape index (κ3) is 7.39. The molecule has 0 aliphatic carbocycles. The molecule has 4 unspecified atom stereocenters. The maximum atomic E-state index is 13.5. The van der Waals surface area contributed by atoms with Crippen molar-refractivity contribution in [2.45, 2.75) is 63.0 Å². The first-order valence-electron chi connectivity index (χ1n) is 14.5. The number of aliphatic hydroxyl groups is 1. The molecule has 0 spiro atoms. The fourth-order valence-electron chi connectivity index (χ4n) is 5.59. The van der Waals surface area contributed by atoms with E-state index in [0.29, 0.717) is 45.2 Å². The summed E-state index contributed by atoms with van der Waals surface area (Å²) in [6.45, 7) is 0.640. The van der Waals surface area contributed by atoms with Crippen molar-refractivity contribution >= 4 is 22.8 Å². The Balaban J connectivity index is 1.23. The number of fused-ring (bicyclic) bond motifs is 1. The van der Waals surface area contributed by atoms with Crippen LogP contribution in [0.2, 0.25) is 0 Å². The number of nitrogens with one attached hydrogen (secondary N) is 2. The van der Waals surface area contributed by atoms with E-state index in [0.717, 1.165) is 27.7 Å². The van der Waals surface area contributed by atoms with Gasteiger partial charge in [-0.2, -0.15) is 0 Å². The second kappa shape index (κ2) is 13.7. The molecule has 10 heteroatoms. The first kappa shape index (κ1) is 29.4. The Labute approximate surface area is 245 Å². The van der Waals surface area contributed by atoms with Gasteiger partial charge in [-0.3, -0.25) is 14.5 Å². The van der Waals surface area contributed by atoms with Crippen LogP contribution in [0.25, 0.3) is 11.0 Å². The predicted octanol–water partition coefficient (Wildman–Crippen LogP) is 2.05. The summed E-state index contributed by atoms with van der Waals surface area (Å²) in [6.07, 6.45) is 1.61. The van der Waals surface area contributed by atoms with Crippen molar-refractivity contribution in [3.63, 3.8) is 0 Å². The van der Waals surface area contributed by atoms with Gasteiger partial charge in [0.1, 0.15) is 11.7 Å². The summed E-state index contributed by atoms with van der Waals surface area (Å²) < 4.78 is 1.70. The zero-order valence-electron chi connectivity index (χ0n) is 23.9. The number of aliphatic hydroxyl groups excluding tert-OH is 1. The maximum absolute atomic E-state index is 13.5. The molecule has 5 rings (SSSR count). The van der Waals surface area contributed by atoms with Crippen LogP contribution in [0.15, 0.2) is 78.9 Å². The highest BCUT2D eigenvalue weighted by Gasteiger charge is 2.42. The minimum atomic E-state index is -1.04. The van der Waals surface area contributed by atoms with Crippen LogP contribution < -0.4 is 16.4 Å². The number of hydrogen-bond donors (Lipinski definition) is 4. The maximum Gasteiger partial charge on any atom is 0.237 e. The third-order valence-corrected chi connectivity index (χ3v) is 7.96. The highest BCUT2D eigenvalue weighted by Crippen LogP contribution is 2.23.